The van der Waals surface area contributed by atoms with Crippen LogP contribution >= 0.6 is 11.6 Å². The minimum atomic E-state index is -0.430. The van der Waals surface area contributed by atoms with Gasteiger partial charge in [-0.15, -0.1) is 0 Å². The first-order valence-corrected chi connectivity index (χ1v) is 11.8. The van der Waals surface area contributed by atoms with Gasteiger partial charge in [0.15, 0.2) is 5.65 Å². The third kappa shape index (κ3) is 4.88. The quantitative estimate of drug-likeness (QED) is 0.384. The van der Waals surface area contributed by atoms with Crippen molar-refractivity contribution in [1.29, 1.82) is 0 Å². The zero-order valence-corrected chi connectivity index (χ0v) is 19.3. The predicted molar refractivity (Wildman–Crippen MR) is 130 cm³/mol. The van der Waals surface area contributed by atoms with Crippen LogP contribution in [0.2, 0.25) is 5.02 Å². The molecule has 3 heterocycles. The van der Waals surface area contributed by atoms with Gasteiger partial charge in [0.05, 0.1) is 16.8 Å². The molecule has 0 aliphatic carbocycles. The molecular weight excluding hydrogens is 458 g/mol. The van der Waals surface area contributed by atoms with Crippen molar-refractivity contribution in [3.8, 4) is 11.4 Å². The Bertz CT molecular complexity index is 1280. The minimum Gasteiger partial charge on any atom is -0.350 e. The van der Waals surface area contributed by atoms with Crippen LogP contribution in [0.3, 0.4) is 0 Å². The van der Waals surface area contributed by atoms with Gasteiger partial charge in [0.1, 0.15) is 23.0 Å². The summed E-state index contributed by atoms with van der Waals surface area (Å²) in [5.74, 6) is 0.461. The number of nitrogens with zero attached hydrogens (tertiary/aromatic N) is 4. The molecule has 5 rings (SSSR count). The number of nitrogens with one attached hydrogen (secondary N) is 2. The molecule has 176 valence electrons. The first kappa shape index (κ1) is 22.7. The highest BCUT2D eigenvalue weighted by atomic mass is 35.5. The molecule has 6 nitrogen and oxygen atoms in total. The second-order valence-corrected chi connectivity index (χ2v) is 9.00. The Morgan fingerprint density at radius 2 is 2.00 bits per heavy atom. The lowest BCUT2D eigenvalue weighted by Gasteiger charge is -2.18. The summed E-state index contributed by atoms with van der Waals surface area (Å²) in [5.41, 5.74) is 2.21. The van der Waals surface area contributed by atoms with E-state index in [1.54, 1.807) is 24.4 Å². The van der Waals surface area contributed by atoms with Crippen molar-refractivity contribution in [3.05, 3.63) is 70.9 Å². The summed E-state index contributed by atoms with van der Waals surface area (Å²) < 4.78 is 30.3. The number of imidazole rings is 1. The molecule has 2 aromatic heterocycles. The summed E-state index contributed by atoms with van der Waals surface area (Å²) >= 11 is 6.41. The highest BCUT2D eigenvalue weighted by Gasteiger charge is 2.23. The molecule has 1 atom stereocenters. The number of fused-ring (bicyclic) bond motifs is 1. The van der Waals surface area contributed by atoms with E-state index in [1.165, 1.54) is 18.2 Å². The third-order valence-corrected chi connectivity index (χ3v) is 6.42. The Hall–Kier alpha value is -3.10. The van der Waals surface area contributed by atoms with Crippen molar-refractivity contribution < 1.29 is 8.78 Å². The van der Waals surface area contributed by atoms with Gasteiger partial charge in [-0.3, -0.25) is 0 Å². The van der Waals surface area contributed by atoms with Crippen molar-refractivity contribution >= 4 is 28.7 Å². The van der Waals surface area contributed by atoms with E-state index in [4.69, 9.17) is 16.6 Å². The van der Waals surface area contributed by atoms with Crippen molar-refractivity contribution in [1.82, 2.24) is 24.8 Å². The Morgan fingerprint density at radius 1 is 1.12 bits per heavy atom. The fourth-order valence-corrected chi connectivity index (χ4v) is 4.66. The lowest BCUT2D eigenvalue weighted by Crippen LogP contribution is -2.24. The molecule has 0 amide bonds. The highest BCUT2D eigenvalue weighted by Crippen LogP contribution is 2.33. The SMILES string of the molecule is Fc1cccc(CNc2ncc3nc(-c4c(F)cccc4Cl)n(C[C@H]4CCCCNC4)c3n2)c1. The molecule has 9 heteroatoms. The Labute approximate surface area is 201 Å². The average molecular weight is 483 g/mol. The van der Waals surface area contributed by atoms with Crippen molar-refractivity contribution in [2.24, 2.45) is 5.92 Å². The van der Waals surface area contributed by atoms with Gasteiger partial charge in [-0.1, -0.05) is 36.2 Å². The lowest BCUT2D eigenvalue weighted by atomic mass is 10.0. The van der Waals surface area contributed by atoms with Crippen molar-refractivity contribution in [2.45, 2.75) is 32.4 Å². The molecule has 0 unspecified atom stereocenters. The van der Waals surface area contributed by atoms with Crippen LogP contribution in [0.5, 0.6) is 0 Å². The summed E-state index contributed by atoms with van der Waals surface area (Å²) in [6, 6.07) is 11.0. The highest BCUT2D eigenvalue weighted by molar-refractivity contribution is 6.33. The third-order valence-electron chi connectivity index (χ3n) is 6.10. The largest absolute Gasteiger partial charge is 0.350 e. The molecule has 1 saturated heterocycles. The summed E-state index contributed by atoms with van der Waals surface area (Å²) in [7, 11) is 0. The maximum absolute atomic E-state index is 14.9. The maximum atomic E-state index is 14.9. The van der Waals surface area contributed by atoms with E-state index in [-0.39, 0.29) is 11.4 Å². The lowest BCUT2D eigenvalue weighted by molar-refractivity contribution is 0.418. The van der Waals surface area contributed by atoms with E-state index in [9.17, 15) is 8.78 Å². The maximum Gasteiger partial charge on any atom is 0.225 e. The standard InChI is InChI=1S/C25H25ClF2N6/c26-19-8-4-9-20(28)22(19)24-32-21-14-31-25(30-13-16-6-3-7-18(27)11-16)33-23(21)34(24)15-17-5-1-2-10-29-12-17/h3-4,6-9,11,14,17,29H,1-2,5,10,12-13,15H2,(H,30,31,33)/t17-/m0/s1. The topological polar surface area (TPSA) is 67.7 Å². The number of anilines is 1. The monoisotopic (exact) mass is 482 g/mol. The zero-order chi connectivity index (χ0) is 23.5. The van der Waals surface area contributed by atoms with E-state index in [2.05, 4.69) is 20.6 Å². The van der Waals surface area contributed by atoms with Gasteiger partial charge < -0.3 is 15.2 Å². The Balaban J connectivity index is 1.54. The van der Waals surface area contributed by atoms with Gasteiger partial charge in [0, 0.05) is 13.1 Å². The molecule has 0 radical (unpaired) electrons. The Kier molecular flexibility index (Phi) is 6.69. The molecule has 2 N–H and O–H groups in total. The summed E-state index contributed by atoms with van der Waals surface area (Å²) in [4.78, 5) is 13.8. The zero-order valence-electron chi connectivity index (χ0n) is 18.6. The fourth-order valence-electron chi connectivity index (χ4n) is 4.41. The number of rotatable bonds is 6. The number of hydrogen-bond acceptors (Lipinski definition) is 5. The van der Waals surface area contributed by atoms with Gasteiger partial charge in [-0.25, -0.2) is 18.7 Å². The first-order chi connectivity index (χ1) is 16.6. The first-order valence-electron chi connectivity index (χ1n) is 11.4. The molecule has 2 aromatic carbocycles. The van der Waals surface area contributed by atoms with Crippen LogP contribution in [0.25, 0.3) is 22.6 Å². The Morgan fingerprint density at radius 3 is 2.85 bits per heavy atom. The molecule has 1 fully saturated rings. The van der Waals surface area contributed by atoms with E-state index < -0.39 is 5.82 Å². The van der Waals surface area contributed by atoms with Crippen LogP contribution in [-0.2, 0) is 13.1 Å². The molecule has 0 saturated carbocycles. The van der Waals surface area contributed by atoms with Crippen LogP contribution in [0.1, 0.15) is 24.8 Å². The number of benzene rings is 2. The number of halogens is 3. The van der Waals surface area contributed by atoms with Crippen LogP contribution < -0.4 is 10.6 Å². The van der Waals surface area contributed by atoms with E-state index in [0.29, 0.717) is 47.0 Å². The summed E-state index contributed by atoms with van der Waals surface area (Å²) in [6.07, 6.45) is 4.96. The predicted octanol–water partition coefficient (Wildman–Crippen LogP) is 5.43. The van der Waals surface area contributed by atoms with Crippen LogP contribution in [0, 0.1) is 17.6 Å². The normalized spacial score (nSPS) is 16.5. The van der Waals surface area contributed by atoms with Crippen molar-refractivity contribution in [3.63, 3.8) is 0 Å². The summed E-state index contributed by atoms with van der Waals surface area (Å²) in [6.45, 7) is 2.88. The van der Waals surface area contributed by atoms with Gasteiger partial charge in [0.2, 0.25) is 5.95 Å². The fraction of sp³-hybridized carbons (Fsp3) is 0.320. The van der Waals surface area contributed by atoms with Gasteiger partial charge in [-0.05, 0) is 61.7 Å². The molecule has 1 aliphatic heterocycles. The van der Waals surface area contributed by atoms with Crippen molar-refractivity contribution in [2.75, 3.05) is 18.4 Å². The molecule has 34 heavy (non-hydrogen) atoms. The molecule has 0 bridgehead atoms. The minimum absolute atomic E-state index is 0.262. The molecule has 1 aliphatic rings. The van der Waals surface area contributed by atoms with E-state index in [1.807, 2.05) is 10.6 Å². The second kappa shape index (κ2) is 10.0. The van der Waals surface area contributed by atoms with E-state index in [0.717, 1.165) is 37.9 Å². The van der Waals surface area contributed by atoms with Crippen LogP contribution in [0.15, 0.2) is 48.7 Å². The second-order valence-electron chi connectivity index (χ2n) is 8.59. The van der Waals surface area contributed by atoms with Gasteiger partial charge in [-0.2, -0.15) is 4.98 Å². The molecule has 0 spiro atoms. The van der Waals surface area contributed by atoms with E-state index >= 15 is 0 Å². The molecular formula is C25H25ClF2N6. The smallest absolute Gasteiger partial charge is 0.225 e. The van der Waals surface area contributed by atoms with Crippen LogP contribution in [0.4, 0.5) is 14.7 Å². The summed E-state index contributed by atoms with van der Waals surface area (Å²) in [5, 5.41) is 6.93. The average Bonchev–Trinajstić information content (AvgIpc) is 2.98. The van der Waals surface area contributed by atoms with Gasteiger partial charge in [0.25, 0.3) is 0 Å². The number of hydrogen-bond donors (Lipinski definition) is 2. The molecule has 4 aromatic rings. The van der Waals surface area contributed by atoms with Crippen LogP contribution in [-0.4, -0.2) is 32.6 Å². The number of aromatic nitrogens is 4. The van der Waals surface area contributed by atoms with Gasteiger partial charge >= 0.3 is 0 Å².